The van der Waals surface area contributed by atoms with Gasteiger partial charge in [-0.1, -0.05) is 25.3 Å². The van der Waals surface area contributed by atoms with Gasteiger partial charge in [-0.25, -0.2) is 0 Å². The Hall–Kier alpha value is -2.43. The van der Waals surface area contributed by atoms with E-state index in [9.17, 15) is 14.4 Å². The third-order valence-electron chi connectivity index (χ3n) is 6.11. The van der Waals surface area contributed by atoms with Crippen molar-refractivity contribution in [3.05, 3.63) is 47.5 Å². The maximum Gasteiger partial charge on any atom is 0.261 e. The van der Waals surface area contributed by atoms with E-state index in [4.69, 9.17) is 0 Å². The molecular weight excluding hydrogens is 328 g/mol. The summed E-state index contributed by atoms with van der Waals surface area (Å²) in [6.07, 6.45) is 7.69. The van der Waals surface area contributed by atoms with Crippen LogP contribution in [0.3, 0.4) is 0 Å². The lowest BCUT2D eigenvalue weighted by Crippen LogP contribution is -2.44. The number of nitrogens with zero attached hydrogens (tertiary/aromatic N) is 2. The molecule has 3 amide bonds. The van der Waals surface area contributed by atoms with Crippen LogP contribution < -0.4 is 0 Å². The summed E-state index contributed by atoms with van der Waals surface area (Å²) in [6.45, 7) is 5.37. The van der Waals surface area contributed by atoms with Gasteiger partial charge in [-0.15, -0.1) is 6.58 Å². The number of amides is 3. The number of benzene rings is 1. The van der Waals surface area contributed by atoms with Gasteiger partial charge in [0, 0.05) is 25.2 Å². The van der Waals surface area contributed by atoms with Gasteiger partial charge >= 0.3 is 0 Å². The van der Waals surface area contributed by atoms with E-state index < -0.39 is 0 Å². The lowest BCUT2D eigenvalue weighted by atomic mass is 9.75. The number of rotatable bonds is 3. The predicted octanol–water partition coefficient (Wildman–Crippen LogP) is 3.12. The standard InChI is InChI=1S/C21H24N2O3/c1-2-10-23-20(25)17-8-7-15(12-18(17)21(23)26)19(24)22-11-9-14-5-3-4-6-16(14)13-22/h2,7-8,12,14,16H,1,3-6,9-11,13H2/t14-,16+/m1/s1. The first-order chi connectivity index (χ1) is 12.6. The van der Waals surface area contributed by atoms with E-state index in [0.717, 1.165) is 25.4 Å². The minimum atomic E-state index is -0.342. The molecule has 5 nitrogen and oxygen atoms in total. The number of fused-ring (bicyclic) bond motifs is 2. The first kappa shape index (κ1) is 17.0. The summed E-state index contributed by atoms with van der Waals surface area (Å²) in [5.41, 5.74) is 1.20. The molecule has 1 aromatic carbocycles. The minimum absolute atomic E-state index is 0.0285. The van der Waals surface area contributed by atoms with E-state index in [0.29, 0.717) is 22.6 Å². The zero-order valence-electron chi connectivity index (χ0n) is 14.9. The molecule has 0 radical (unpaired) electrons. The van der Waals surface area contributed by atoms with Crippen LogP contribution in [-0.4, -0.2) is 47.2 Å². The van der Waals surface area contributed by atoms with Crippen LogP contribution in [0.4, 0.5) is 0 Å². The van der Waals surface area contributed by atoms with Crippen molar-refractivity contribution in [2.75, 3.05) is 19.6 Å². The van der Waals surface area contributed by atoms with Gasteiger partial charge in [-0.2, -0.15) is 0 Å². The third-order valence-corrected chi connectivity index (χ3v) is 6.11. The molecule has 3 aliphatic rings. The molecule has 2 atom stereocenters. The second kappa shape index (κ2) is 6.71. The van der Waals surface area contributed by atoms with Crippen LogP contribution in [0.15, 0.2) is 30.9 Å². The zero-order valence-corrected chi connectivity index (χ0v) is 14.9. The molecule has 1 aliphatic carbocycles. The van der Waals surface area contributed by atoms with Crippen molar-refractivity contribution < 1.29 is 14.4 Å². The van der Waals surface area contributed by atoms with Crippen molar-refractivity contribution in [2.24, 2.45) is 11.8 Å². The van der Waals surface area contributed by atoms with Gasteiger partial charge in [0.15, 0.2) is 0 Å². The molecule has 1 aromatic rings. The molecule has 5 heteroatoms. The Balaban J connectivity index is 1.54. The normalized spacial score (nSPS) is 25.1. The quantitative estimate of drug-likeness (QED) is 0.620. The summed E-state index contributed by atoms with van der Waals surface area (Å²) < 4.78 is 0. The highest BCUT2D eigenvalue weighted by atomic mass is 16.2. The van der Waals surface area contributed by atoms with Gasteiger partial charge in [-0.05, 0) is 42.9 Å². The molecule has 1 saturated heterocycles. The van der Waals surface area contributed by atoms with Gasteiger partial charge < -0.3 is 4.90 Å². The average Bonchev–Trinajstić information content (AvgIpc) is 2.92. The molecule has 4 rings (SSSR count). The molecule has 2 heterocycles. The summed E-state index contributed by atoms with van der Waals surface area (Å²) in [5.74, 6) is 0.693. The molecular formula is C21H24N2O3. The lowest BCUT2D eigenvalue weighted by Gasteiger charge is -2.41. The van der Waals surface area contributed by atoms with Crippen molar-refractivity contribution in [1.82, 2.24) is 9.80 Å². The number of carbonyl (C=O) groups excluding carboxylic acids is 3. The van der Waals surface area contributed by atoms with Crippen LogP contribution in [0.5, 0.6) is 0 Å². The average molecular weight is 352 g/mol. The minimum Gasteiger partial charge on any atom is -0.338 e. The van der Waals surface area contributed by atoms with E-state index in [1.165, 1.54) is 36.7 Å². The lowest BCUT2D eigenvalue weighted by molar-refractivity contribution is 0.0520. The largest absolute Gasteiger partial charge is 0.338 e. The van der Waals surface area contributed by atoms with Gasteiger partial charge in [0.25, 0.3) is 17.7 Å². The fourth-order valence-electron chi connectivity index (χ4n) is 4.69. The zero-order chi connectivity index (χ0) is 18.3. The molecule has 2 fully saturated rings. The number of imide groups is 1. The van der Waals surface area contributed by atoms with E-state index in [2.05, 4.69) is 6.58 Å². The monoisotopic (exact) mass is 352 g/mol. The van der Waals surface area contributed by atoms with Crippen LogP contribution in [0.2, 0.25) is 0 Å². The SMILES string of the molecule is C=CCN1C(=O)c2ccc(C(=O)N3CC[C@H]4CCCC[C@H]4C3)cc2C1=O. The van der Waals surface area contributed by atoms with Crippen molar-refractivity contribution in [2.45, 2.75) is 32.1 Å². The molecule has 0 N–H and O–H groups in total. The number of piperidine rings is 1. The maximum absolute atomic E-state index is 13.0. The summed E-state index contributed by atoms with van der Waals surface area (Å²) in [6, 6.07) is 4.88. The van der Waals surface area contributed by atoms with Crippen molar-refractivity contribution in [3.63, 3.8) is 0 Å². The van der Waals surface area contributed by atoms with Crippen LogP contribution in [0, 0.1) is 11.8 Å². The maximum atomic E-state index is 13.0. The summed E-state index contributed by atoms with van der Waals surface area (Å²) in [7, 11) is 0. The Bertz CT molecular complexity index is 785. The summed E-state index contributed by atoms with van der Waals surface area (Å²) >= 11 is 0. The van der Waals surface area contributed by atoms with Crippen molar-refractivity contribution >= 4 is 17.7 Å². The Labute approximate surface area is 153 Å². The smallest absolute Gasteiger partial charge is 0.261 e. The summed E-state index contributed by atoms with van der Waals surface area (Å²) in [4.78, 5) is 40.8. The Morgan fingerprint density at radius 2 is 1.81 bits per heavy atom. The first-order valence-electron chi connectivity index (χ1n) is 9.50. The molecule has 26 heavy (non-hydrogen) atoms. The van der Waals surface area contributed by atoms with Crippen molar-refractivity contribution in [3.8, 4) is 0 Å². The third kappa shape index (κ3) is 2.75. The number of hydrogen-bond acceptors (Lipinski definition) is 3. The van der Waals surface area contributed by atoms with Gasteiger partial charge in [0.05, 0.1) is 11.1 Å². The molecule has 0 spiro atoms. The second-order valence-corrected chi connectivity index (χ2v) is 7.61. The van der Waals surface area contributed by atoms with E-state index in [1.54, 1.807) is 18.2 Å². The highest BCUT2D eigenvalue weighted by molar-refractivity contribution is 6.22. The number of hydrogen-bond donors (Lipinski definition) is 0. The first-order valence-corrected chi connectivity index (χ1v) is 9.50. The molecule has 136 valence electrons. The van der Waals surface area contributed by atoms with Crippen LogP contribution in [0.25, 0.3) is 0 Å². The van der Waals surface area contributed by atoms with Gasteiger partial charge in [0.1, 0.15) is 0 Å². The fourth-order valence-corrected chi connectivity index (χ4v) is 4.69. The molecule has 1 saturated carbocycles. The Kier molecular flexibility index (Phi) is 4.39. The Morgan fingerprint density at radius 3 is 2.58 bits per heavy atom. The molecule has 0 bridgehead atoms. The van der Waals surface area contributed by atoms with E-state index >= 15 is 0 Å². The van der Waals surface area contributed by atoms with E-state index in [1.807, 2.05) is 4.90 Å². The highest BCUT2D eigenvalue weighted by Crippen LogP contribution is 2.36. The van der Waals surface area contributed by atoms with Gasteiger partial charge in [0.2, 0.25) is 0 Å². The predicted molar refractivity (Wildman–Crippen MR) is 98.0 cm³/mol. The highest BCUT2D eigenvalue weighted by Gasteiger charge is 2.37. The van der Waals surface area contributed by atoms with Gasteiger partial charge in [-0.3, -0.25) is 19.3 Å². The van der Waals surface area contributed by atoms with Crippen LogP contribution in [-0.2, 0) is 0 Å². The molecule has 2 aliphatic heterocycles. The second-order valence-electron chi connectivity index (χ2n) is 7.61. The summed E-state index contributed by atoms with van der Waals surface area (Å²) in [5, 5.41) is 0. The van der Waals surface area contributed by atoms with Crippen molar-refractivity contribution in [1.29, 1.82) is 0 Å². The number of carbonyl (C=O) groups is 3. The Morgan fingerprint density at radius 1 is 1.08 bits per heavy atom. The fraction of sp³-hybridized carbons (Fsp3) is 0.476. The van der Waals surface area contributed by atoms with Crippen LogP contribution in [0.1, 0.15) is 63.2 Å². The molecule has 0 unspecified atom stereocenters. The molecule has 0 aromatic heterocycles. The van der Waals surface area contributed by atoms with Crippen LogP contribution >= 0.6 is 0 Å². The topological polar surface area (TPSA) is 57.7 Å². The van der Waals surface area contributed by atoms with E-state index in [-0.39, 0.29) is 24.3 Å². The number of likely N-dealkylation sites (tertiary alicyclic amines) is 1.